The summed E-state index contributed by atoms with van der Waals surface area (Å²) >= 11 is 0. The fourth-order valence-electron chi connectivity index (χ4n) is 5.59. The molecule has 4 fully saturated rings. The Morgan fingerprint density at radius 3 is 1.62 bits per heavy atom. The molecule has 0 N–H and O–H groups in total. The molecular formula is C21H35N3O2. The van der Waals surface area contributed by atoms with E-state index >= 15 is 0 Å². The predicted molar refractivity (Wildman–Crippen MR) is 102 cm³/mol. The quantitative estimate of drug-likeness (QED) is 0.776. The zero-order valence-electron chi connectivity index (χ0n) is 16.2. The summed E-state index contributed by atoms with van der Waals surface area (Å²) in [5.41, 5.74) is 0. The van der Waals surface area contributed by atoms with Crippen LogP contribution in [0.1, 0.15) is 64.2 Å². The van der Waals surface area contributed by atoms with Crippen molar-refractivity contribution in [2.24, 2.45) is 11.8 Å². The number of hydrogen-bond donors (Lipinski definition) is 0. The van der Waals surface area contributed by atoms with Crippen molar-refractivity contribution < 1.29 is 9.59 Å². The van der Waals surface area contributed by atoms with Gasteiger partial charge in [0.1, 0.15) is 0 Å². The summed E-state index contributed by atoms with van der Waals surface area (Å²) in [4.78, 5) is 32.0. The molecule has 3 heterocycles. The molecule has 0 atom stereocenters. The van der Waals surface area contributed by atoms with E-state index in [1.807, 2.05) is 0 Å². The fraction of sp³-hybridized carbons (Fsp3) is 0.905. The monoisotopic (exact) mass is 361 g/mol. The van der Waals surface area contributed by atoms with Crippen molar-refractivity contribution in [3.8, 4) is 0 Å². The average Bonchev–Trinajstić information content (AvgIpc) is 3.41. The number of likely N-dealkylation sites (tertiary alicyclic amines) is 3. The lowest BCUT2D eigenvalue weighted by molar-refractivity contribution is -0.138. The number of carbonyl (C=O) groups excluding carboxylic acids is 2. The highest BCUT2D eigenvalue weighted by Gasteiger charge is 2.35. The first-order chi connectivity index (χ1) is 12.7. The number of rotatable bonds is 3. The van der Waals surface area contributed by atoms with Crippen LogP contribution in [0.4, 0.5) is 0 Å². The molecule has 1 saturated carbocycles. The molecule has 0 radical (unpaired) electrons. The van der Waals surface area contributed by atoms with Gasteiger partial charge in [0, 0.05) is 44.1 Å². The van der Waals surface area contributed by atoms with Crippen LogP contribution in [0.15, 0.2) is 0 Å². The van der Waals surface area contributed by atoms with Crippen LogP contribution in [0, 0.1) is 11.8 Å². The Morgan fingerprint density at radius 1 is 0.538 bits per heavy atom. The lowest BCUT2D eigenvalue weighted by atomic mass is 9.92. The predicted octanol–water partition coefficient (Wildman–Crippen LogP) is 2.50. The van der Waals surface area contributed by atoms with Crippen LogP contribution in [0.5, 0.6) is 0 Å². The minimum absolute atomic E-state index is 0.258. The van der Waals surface area contributed by atoms with E-state index in [1.54, 1.807) is 0 Å². The molecule has 4 aliphatic rings. The molecule has 1 aliphatic carbocycles. The molecule has 0 bridgehead atoms. The van der Waals surface area contributed by atoms with Gasteiger partial charge in [0.2, 0.25) is 11.8 Å². The van der Waals surface area contributed by atoms with Gasteiger partial charge >= 0.3 is 0 Å². The van der Waals surface area contributed by atoms with E-state index in [0.29, 0.717) is 23.8 Å². The number of hydrogen-bond acceptors (Lipinski definition) is 3. The minimum Gasteiger partial charge on any atom is -0.342 e. The third kappa shape index (κ3) is 3.92. The largest absolute Gasteiger partial charge is 0.342 e. The minimum atomic E-state index is 0.258. The van der Waals surface area contributed by atoms with Crippen LogP contribution in [-0.2, 0) is 9.59 Å². The molecular weight excluding hydrogens is 326 g/mol. The van der Waals surface area contributed by atoms with Gasteiger partial charge in [-0.2, -0.15) is 0 Å². The normalized spacial score (nSPS) is 27.4. The lowest BCUT2D eigenvalue weighted by Gasteiger charge is -2.42. The molecule has 5 heteroatoms. The van der Waals surface area contributed by atoms with E-state index in [1.165, 1.54) is 25.7 Å². The number of piperidine rings is 2. The molecule has 2 amide bonds. The maximum absolute atomic E-state index is 12.6. The number of amides is 2. The summed E-state index contributed by atoms with van der Waals surface area (Å²) < 4.78 is 0. The van der Waals surface area contributed by atoms with Crippen molar-refractivity contribution in [2.75, 3.05) is 39.3 Å². The molecule has 146 valence electrons. The smallest absolute Gasteiger partial charge is 0.225 e. The molecule has 4 rings (SSSR count). The van der Waals surface area contributed by atoms with E-state index < -0.39 is 0 Å². The van der Waals surface area contributed by atoms with Gasteiger partial charge in [-0.05, 0) is 64.5 Å². The fourth-order valence-corrected chi connectivity index (χ4v) is 5.59. The standard InChI is InChI=1S/C21H35N3O2/c25-20(17-5-1-2-6-17)24-15-9-19(10-16-24)22-13-7-18(8-14-22)21(26)23-11-3-4-12-23/h17-19H,1-16H2. The van der Waals surface area contributed by atoms with Crippen molar-refractivity contribution in [3.63, 3.8) is 0 Å². The highest BCUT2D eigenvalue weighted by molar-refractivity contribution is 5.79. The van der Waals surface area contributed by atoms with Crippen LogP contribution in [0.2, 0.25) is 0 Å². The Balaban J connectivity index is 1.21. The zero-order valence-corrected chi connectivity index (χ0v) is 16.2. The Hall–Kier alpha value is -1.10. The molecule has 0 aromatic rings. The Labute approximate surface area is 158 Å². The van der Waals surface area contributed by atoms with Crippen LogP contribution in [0.25, 0.3) is 0 Å². The van der Waals surface area contributed by atoms with Crippen molar-refractivity contribution in [2.45, 2.75) is 70.3 Å². The molecule has 3 aliphatic heterocycles. The maximum atomic E-state index is 12.6. The van der Waals surface area contributed by atoms with Gasteiger partial charge in [-0.1, -0.05) is 12.8 Å². The first-order valence-corrected chi connectivity index (χ1v) is 11.0. The van der Waals surface area contributed by atoms with Gasteiger partial charge in [-0.15, -0.1) is 0 Å². The molecule has 26 heavy (non-hydrogen) atoms. The third-order valence-corrected chi connectivity index (χ3v) is 7.29. The topological polar surface area (TPSA) is 43.9 Å². The first kappa shape index (κ1) is 18.3. The van der Waals surface area contributed by atoms with Gasteiger partial charge in [0.15, 0.2) is 0 Å². The van der Waals surface area contributed by atoms with Crippen LogP contribution < -0.4 is 0 Å². The summed E-state index contributed by atoms with van der Waals surface area (Å²) in [6.45, 7) is 5.95. The van der Waals surface area contributed by atoms with Crippen molar-refractivity contribution >= 4 is 11.8 Å². The number of nitrogens with zero attached hydrogens (tertiary/aromatic N) is 3. The number of carbonyl (C=O) groups is 2. The summed E-state index contributed by atoms with van der Waals surface area (Å²) in [6, 6.07) is 0.616. The third-order valence-electron chi connectivity index (χ3n) is 7.29. The Morgan fingerprint density at radius 2 is 1.04 bits per heavy atom. The molecule has 3 saturated heterocycles. The highest BCUT2D eigenvalue weighted by Crippen LogP contribution is 2.30. The van der Waals surface area contributed by atoms with Gasteiger partial charge in [-0.25, -0.2) is 0 Å². The highest BCUT2D eigenvalue weighted by atomic mass is 16.2. The van der Waals surface area contributed by atoms with Crippen LogP contribution in [0.3, 0.4) is 0 Å². The molecule has 5 nitrogen and oxygen atoms in total. The van der Waals surface area contributed by atoms with Crippen molar-refractivity contribution in [1.82, 2.24) is 14.7 Å². The second-order valence-corrected chi connectivity index (χ2v) is 8.88. The Kier molecular flexibility index (Phi) is 5.82. The molecule has 0 aromatic carbocycles. The second kappa shape index (κ2) is 8.28. The summed E-state index contributed by atoms with van der Waals surface area (Å²) in [5, 5.41) is 0. The van der Waals surface area contributed by atoms with E-state index in [0.717, 1.165) is 77.8 Å². The maximum Gasteiger partial charge on any atom is 0.225 e. The van der Waals surface area contributed by atoms with E-state index in [-0.39, 0.29) is 5.92 Å². The second-order valence-electron chi connectivity index (χ2n) is 8.88. The van der Waals surface area contributed by atoms with Gasteiger partial charge < -0.3 is 14.7 Å². The Bertz CT molecular complexity index is 449. The van der Waals surface area contributed by atoms with Gasteiger partial charge in [0.05, 0.1) is 0 Å². The zero-order chi connectivity index (χ0) is 17.9. The van der Waals surface area contributed by atoms with Crippen LogP contribution in [-0.4, -0.2) is 71.8 Å². The first-order valence-electron chi connectivity index (χ1n) is 11.0. The average molecular weight is 362 g/mol. The van der Waals surface area contributed by atoms with E-state index in [4.69, 9.17) is 0 Å². The molecule has 0 unspecified atom stereocenters. The van der Waals surface area contributed by atoms with Crippen molar-refractivity contribution in [3.05, 3.63) is 0 Å². The van der Waals surface area contributed by atoms with E-state index in [9.17, 15) is 9.59 Å². The van der Waals surface area contributed by atoms with E-state index in [2.05, 4.69) is 14.7 Å². The summed E-state index contributed by atoms with van der Waals surface area (Å²) in [5.74, 6) is 1.42. The lowest BCUT2D eigenvalue weighted by Crippen LogP contribution is -2.51. The molecule has 0 aromatic heterocycles. The SMILES string of the molecule is O=C(C1CCN(C2CCN(C(=O)C3CCCC3)CC2)CC1)N1CCCC1. The summed E-state index contributed by atoms with van der Waals surface area (Å²) in [6.07, 6.45) is 11.3. The van der Waals surface area contributed by atoms with Crippen LogP contribution >= 0.6 is 0 Å². The van der Waals surface area contributed by atoms with Crippen molar-refractivity contribution in [1.29, 1.82) is 0 Å². The van der Waals surface area contributed by atoms with Gasteiger partial charge in [0.25, 0.3) is 0 Å². The van der Waals surface area contributed by atoms with Gasteiger partial charge in [-0.3, -0.25) is 9.59 Å². The summed E-state index contributed by atoms with van der Waals surface area (Å²) in [7, 11) is 0. The molecule has 0 spiro atoms.